The van der Waals surface area contributed by atoms with Crippen LogP contribution >= 0.6 is 0 Å². The number of aliphatic carboxylic acids is 1. The van der Waals surface area contributed by atoms with Crippen molar-refractivity contribution in [1.29, 1.82) is 0 Å². The first-order chi connectivity index (χ1) is 15.8. The normalized spacial score (nSPS) is 57.5. The Morgan fingerprint density at radius 1 is 0.971 bits per heavy atom. The molecule has 2 aliphatic heterocycles. The molecule has 2 bridgehead atoms. The molecule has 2 heterocycles. The summed E-state index contributed by atoms with van der Waals surface area (Å²) in [5.41, 5.74) is 1.00. The highest BCUT2D eigenvalue weighted by molar-refractivity contribution is 5.76. The second kappa shape index (κ2) is 6.71. The predicted octanol–water partition coefficient (Wildman–Crippen LogP) is 6.43. The van der Waals surface area contributed by atoms with Crippen LogP contribution in [0.2, 0.25) is 0 Å². The van der Waals surface area contributed by atoms with Gasteiger partial charge in [0.1, 0.15) is 0 Å². The van der Waals surface area contributed by atoms with Crippen LogP contribution in [0.4, 0.5) is 0 Å². The lowest BCUT2D eigenvalue weighted by Gasteiger charge is -2.74. The van der Waals surface area contributed by atoms with Crippen LogP contribution in [0, 0.1) is 56.7 Å². The number of aliphatic hydroxyl groups is 1. The molecule has 0 radical (unpaired) electrons. The van der Waals surface area contributed by atoms with Gasteiger partial charge in [-0.1, -0.05) is 53.2 Å². The highest BCUT2D eigenvalue weighted by Gasteiger charge is 2.74. The van der Waals surface area contributed by atoms with Gasteiger partial charge in [-0.3, -0.25) is 4.79 Å². The van der Waals surface area contributed by atoms with Crippen molar-refractivity contribution in [2.24, 2.45) is 56.7 Å². The minimum absolute atomic E-state index is 0.0416. The van der Waals surface area contributed by atoms with E-state index >= 15 is 0 Å². The Kier molecular flexibility index (Phi) is 4.64. The molecule has 4 heteroatoms. The first kappa shape index (κ1) is 23.5. The van der Waals surface area contributed by atoms with E-state index in [0.29, 0.717) is 30.3 Å². The molecule has 1 spiro atoms. The number of ether oxygens (including phenoxy) is 1. The number of carboxylic acid groups (broad SMARTS) is 1. The molecule has 2 saturated heterocycles. The van der Waals surface area contributed by atoms with Crippen molar-refractivity contribution in [3.05, 3.63) is 11.6 Å². The third-order valence-electron chi connectivity index (χ3n) is 13.9. The average Bonchev–Trinajstić information content (AvgIpc) is 2.77. The van der Waals surface area contributed by atoms with E-state index in [0.717, 1.165) is 51.4 Å². The van der Waals surface area contributed by atoms with Crippen molar-refractivity contribution in [2.75, 3.05) is 6.61 Å². The summed E-state index contributed by atoms with van der Waals surface area (Å²) in [5.74, 6) is 0.631. The summed E-state index contributed by atoms with van der Waals surface area (Å²) >= 11 is 0. The monoisotopic (exact) mass is 470 g/mol. The zero-order valence-corrected chi connectivity index (χ0v) is 22.2. The molecule has 7 aliphatic rings. The van der Waals surface area contributed by atoms with Crippen molar-refractivity contribution in [1.82, 2.24) is 0 Å². The third-order valence-corrected chi connectivity index (χ3v) is 13.9. The Morgan fingerprint density at radius 3 is 2.35 bits per heavy atom. The van der Waals surface area contributed by atoms with Gasteiger partial charge in [-0.2, -0.15) is 0 Å². The lowest BCUT2D eigenvalue weighted by Crippen LogP contribution is -2.73. The van der Waals surface area contributed by atoms with Crippen molar-refractivity contribution in [2.45, 2.75) is 105 Å². The molecule has 34 heavy (non-hydrogen) atoms. The molecule has 0 amide bonds. The van der Waals surface area contributed by atoms with Gasteiger partial charge in [0.25, 0.3) is 0 Å². The van der Waals surface area contributed by atoms with E-state index in [9.17, 15) is 15.0 Å². The molecule has 4 saturated carbocycles. The fourth-order valence-electron chi connectivity index (χ4n) is 11.3. The van der Waals surface area contributed by atoms with E-state index < -0.39 is 17.2 Å². The smallest absolute Gasteiger partial charge is 0.310 e. The third kappa shape index (κ3) is 2.37. The number of rotatable bonds is 1. The van der Waals surface area contributed by atoms with E-state index in [-0.39, 0.29) is 27.6 Å². The maximum absolute atomic E-state index is 12.8. The molecular formula is C30H46O4. The van der Waals surface area contributed by atoms with Crippen LogP contribution in [-0.4, -0.2) is 28.6 Å². The van der Waals surface area contributed by atoms with Gasteiger partial charge >= 0.3 is 5.97 Å². The number of carboxylic acids is 1. The summed E-state index contributed by atoms with van der Waals surface area (Å²) in [6.07, 6.45) is 11.4. The van der Waals surface area contributed by atoms with E-state index in [1.54, 1.807) is 0 Å². The Bertz CT molecular complexity index is 941. The second-order valence-corrected chi connectivity index (χ2v) is 14.6. The first-order valence-electron chi connectivity index (χ1n) is 14.1. The summed E-state index contributed by atoms with van der Waals surface area (Å²) in [7, 11) is 0. The molecule has 3 unspecified atom stereocenters. The van der Waals surface area contributed by atoms with Crippen molar-refractivity contribution in [3.8, 4) is 0 Å². The van der Waals surface area contributed by atoms with Crippen LogP contribution in [0.3, 0.4) is 0 Å². The fraction of sp³-hybridized carbons (Fsp3) is 0.900. The molecule has 0 aromatic rings. The van der Waals surface area contributed by atoms with E-state index in [4.69, 9.17) is 4.74 Å². The molecule has 7 rings (SSSR count). The average molecular weight is 471 g/mol. The number of fused-ring (bicyclic) bond motifs is 7. The summed E-state index contributed by atoms with van der Waals surface area (Å²) in [6.45, 7) is 14.9. The molecule has 4 nitrogen and oxygen atoms in total. The van der Waals surface area contributed by atoms with E-state index in [1.165, 1.54) is 12.0 Å². The SMILES string of the molecule is C[C@@H]1CC[C@]2(C(=O)O)CC[C@]3(C)C(=CCC4[C@]56CC[C@@](O)(OC5)C(C)(C)C6CC[C@]43C)C2[C@H]1C. The summed E-state index contributed by atoms with van der Waals surface area (Å²) < 4.78 is 6.32. The summed E-state index contributed by atoms with van der Waals surface area (Å²) in [4.78, 5) is 12.8. The van der Waals surface area contributed by atoms with Crippen molar-refractivity contribution >= 4 is 5.97 Å². The molecule has 0 aromatic heterocycles. The number of allylic oxidation sites excluding steroid dienone is 2. The van der Waals surface area contributed by atoms with E-state index in [1.807, 2.05) is 0 Å². The standard InChI is InChI=1S/C30H46O4/c1-18-9-12-28(24(31)32)14-13-26(5)20(23(28)19(18)2)7-8-22-27(26,6)11-10-21-25(3,4)30(33)16-15-29(21,22)17-34-30/h7,18-19,21-23,33H,8-17H2,1-6H3,(H,31,32)/t18-,19+,21?,22?,23?,26-,27-,28+,29-,30-/m1/s1. The van der Waals surface area contributed by atoms with E-state index in [2.05, 4.69) is 47.6 Å². The fourth-order valence-corrected chi connectivity index (χ4v) is 11.3. The zero-order valence-electron chi connectivity index (χ0n) is 22.2. The molecular weight excluding hydrogens is 424 g/mol. The summed E-state index contributed by atoms with van der Waals surface area (Å²) in [5, 5.41) is 21.9. The number of hydrogen-bond acceptors (Lipinski definition) is 3. The first-order valence-corrected chi connectivity index (χ1v) is 14.1. The molecule has 5 aliphatic carbocycles. The molecule has 2 N–H and O–H groups in total. The second-order valence-electron chi connectivity index (χ2n) is 14.6. The van der Waals surface area contributed by atoms with Gasteiger partial charge in [0.15, 0.2) is 5.79 Å². The van der Waals surface area contributed by atoms with Gasteiger partial charge in [-0.25, -0.2) is 0 Å². The number of carbonyl (C=O) groups is 1. The van der Waals surface area contributed by atoms with Gasteiger partial charge < -0.3 is 14.9 Å². The maximum atomic E-state index is 12.8. The predicted molar refractivity (Wildman–Crippen MR) is 132 cm³/mol. The summed E-state index contributed by atoms with van der Waals surface area (Å²) in [6, 6.07) is 0. The Hall–Kier alpha value is -0.870. The Morgan fingerprint density at radius 2 is 1.71 bits per heavy atom. The van der Waals surface area contributed by atoms with Gasteiger partial charge in [-0.15, -0.1) is 0 Å². The van der Waals surface area contributed by atoms with Gasteiger partial charge in [-0.05, 0) is 91.8 Å². The highest BCUT2D eigenvalue weighted by Crippen LogP contribution is 2.77. The van der Waals surface area contributed by atoms with Crippen LogP contribution < -0.4 is 0 Å². The Balaban J connectivity index is 1.47. The molecule has 190 valence electrons. The van der Waals surface area contributed by atoms with Crippen molar-refractivity contribution < 1.29 is 19.7 Å². The zero-order chi connectivity index (χ0) is 24.5. The highest BCUT2D eigenvalue weighted by atomic mass is 16.6. The molecule has 0 aromatic carbocycles. The van der Waals surface area contributed by atoms with Crippen LogP contribution in [0.25, 0.3) is 0 Å². The van der Waals surface area contributed by atoms with Crippen molar-refractivity contribution in [3.63, 3.8) is 0 Å². The molecule has 6 fully saturated rings. The Labute approximate surface area is 205 Å². The number of hydrogen-bond donors (Lipinski definition) is 2. The lowest BCUT2D eigenvalue weighted by molar-refractivity contribution is -0.395. The largest absolute Gasteiger partial charge is 0.481 e. The topological polar surface area (TPSA) is 66.8 Å². The lowest BCUT2D eigenvalue weighted by atomic mass is 9.32. The minimum atomic E-state index is -0.980. The molecule has 10 atom stereocenters. The maximum Gasteiger partial charge on any atom is 0.310 e. The van der Waals surface area contributed by atoms with Gasteiger partial charge in [0, 0.05) is 17.3 Å². The van der Waals surface area contributed by atoms with Gasteiger partial charge in [0.2, 0.25) is 0 Å². The van der Waals surface area contributed by atoms with Gasteiger partial charge in [0.05, 0.1) is 12.0 Å². The van der Waals surface area contributed by atoms with Crippen LogP contribution in [0.5, 0.6) is 0 Å². The van der Waals surface area contributed by atoms with Crippen LogP contribution in [-0.2, 0) is 9.53 Å². The minimum Gasteiger partial charge on any atom is -0.481 e. The quantitative estimate of drug-likeness (QED) is 0.434. The van der Waals surface area contributed by atoms with Crippen LogP contribution in [0.1, 0.15) is 99.3 Å². The van der Waals surface area contributed by atoms with Crippen LogP contribution in [0.15, 0.2) is 11.6 Å².